The Balaban J connectivity index is 2.61. The zero-order valence-corrected chi connectivity index (χ0v) is 7.08. The number of hydrogen-bond acceptors (Lipinski definition) is 6. The maximum atomic E-state index is 10.7. The molecule has 8 nitrogen and oxygen atoms in total. The van der Waals surface area contributed by atoms with E-state index in [9.17, 15) is 4.79 Å². The number of anilines is 1. The minimum absolute atomic E-state index is 0.0892. The van der Waals surface area contributed by atoms with Gasteiger partial charge in [0.1, 0.15) is 12.9 Å². The van der Waals surface area contributed by atoms with Gasteiger partial charge in [-0.15, -0.1) is 5.10 Å². The van der Waals surface area contributed by atoms with Gasteiger partial charge in [-0.2, -0.15) is 0 Å². The van der Waals surface area contributed by atoms with Crippen molar-refractivity contribution < 1.29 is 4.79 Å². The third kappa shape index (κ3) is 1.22. The summed E-state index contributed by atoms with van der Waals surface area (Å²) in [7, 11) is 0. The van der Waals surface area contributed by atoms with Crippen LogP contribution in [0.3, 0.4) is 0 Å². The third-order valence-electron chi connectivity index (χ3n) is 1.64. The number of nitrogen functional groups attached to an aromatic ring is 1. The number of aromatic nitrogens is 5. The van der Waals surface area contributed by atoms with E-state index >= 15 is 0 Å². The van der Waals surface area contributed by atoms with Crippen LogP contribution in [0.15, 0.2) is 6.33 Å². The van der Waals surface area contributed by atoms with E-state index in [-0.39, 0.29) is 12.4 Å². The van der Waals surface area contributed by atoms with Crippen molar-refractivity contribution in [2.75, 3.05) is 5.73 Å². The molecule has 0 saturated carbocycles. The van der Waals surface area contributed by atoms with Crippen molar-refractivity contribution in [3.8, 4) is 0 Å². The summed E-state index contributed by atoms with van der Waals surface area (Å²) in [6.45, 7) is -0.0892. The molecule has 2 aromatic heterocycles. The van der Waals surface area contributed by atoms with Crippen molar-refractivity contribution in [1.82, 2.24) is 25.0 Å². The Kier molecular flexibility index (Phi) is 1.73. The number of carbonyl (C=O) groups is 1. The van der Waals surface area contributed by atoms with Gasteiger partial charge < -0.3 is 11.5 Å². The monoisotopic (exact) mass is 193 g/mol. The predicted octanol–water partition coefficient (Wildman–Crippen LogP) is -1.71. The van der Waals surface area contributed by atoms with Gasteiger partial charge in [0.15, 0.2) is 11.3 Å². The van der Waals surface area contributed by atoms with Crippen LogP contribution < -0.4 is 11.5 Å². The summed E-state index contributed by atoms with van der Waals surface area (Å²) >= 11 is 0. The second-order valence-corrected chi connectivity index (χ2v) is 2.64. The normalized spacial score (nSPS) is 10.6. The zero-order valence-electron chi connectivity index (χ0n) is 7.08. The van der Waals surface area contributed by atoms with Crippen LogP contribution in [0.4, 0.5) is 5.82 Å². The van der Waals surface area contributed by atoms with Gasteiger partial charge in [0.25, 0.3) is 0 Å². The first-order valence-electron chi connectivity index (χ1n) is 3.76. The molecule has 8 heteroatoms. The lowest BCUT2D eigenvalue weighted by Gasteiger charge is -1.98. The lowest BCUT2D eigenvalue weighted by molar-refractivity contribution is -0.118. The van der Waals surface area contributed by atoms with Crippen LogP contribution in [0.2, 0.25) is 0 Å². The number of amides is 1. The largest absolute Gasteiger partial charge is 0.382 e. The van der Waals surface area contributed by atoms with E-state index in [1.807, 2.05) is 0 Å². The highest BCUT2D eigenvalue weighted by Gasteiger charge is 2.10. The first-order chi connectivity index (χ1) is 6.68. The predicted molar refractivity (Wildman–Crippen MR) is 46.7 cm³/mol. The molecule has 0 saturated heterocycles. The van der Waals surface area contributed by atoms with Gasteiger partial charge in [-0.1, -0.05) is 5.21 Å². The number of nitrogens with zero attached hydrogens (tertiary/aromatic N) is 5. The summed E-state index contributed by atoms with van der Waals surface area (Å²) in [6, 6.07) is 0. The maximum absolute atomic E-state index is 10.7. The first-order valence-corrected chi connectivity index (χ1v) is 3.76. The summed E-state index contributed by atoms with van der Waals surface area (Å²) in [4.78, 5) is 18.3. The second kappa shape index (κ2) is 2.91. The fraction of sp³-hybridized carbons (Fsp3) is 0.167. The number of nitrogens with two attached hydrogens (primary N) is 2. The SMILES string of the molecule is NC(=O)Cn1nnc2ncnc(N)c21. The molecule has 2 heterocycles. The Morgan fingerprint density at radius 2 is 2.29 bits per heavy atom. The standard InChI is InChI=1S/C6H7N7O/c7-3(14)1-13-4-5(8)9-2-10-6(4)11-12-13/h2H,1H2,(H2,7,14)(H2,8,9,10). The van der Waals surface area contributed by atoms with E-state index in [2.05, 4.69) is 20.3 Å². The van der Waals surface area contributed by atoms with Crippen LogP contribution in [0.25, 0.3) is 11.2 Å². The number of fused-ring (bicyclic) bond motifs is 1. The van der Waals surface area contributed by atoms with Crippen LogP contribution in [0.1, 0.15) is 0 Å². The van der Waals surface area contributed by atoms with Crippen LogP contribution >= 0.6 is 0 Å². The van der Waals surface area contributed by atoms with E-state index in [0.717, 1.165) is 0 Å². The van der Waals surface area contributed by atoms with Gasteiger partial charge in [0.05, 0.1) is 0 Å². The number of rotatable bonds is 2. The molecule has 0 aromatic carbocycles. The molecule has 0 atom stereocenters. The highest BCUT2D eigenvalue weighted by molar-refractivity contribution is 5.82. The van der Waals surface area contributed by atoms with Gasteiger partial charge in [-0.05, 0) is 0 Å². The summed E-state index contributed by atoms with van der Waals surface area (Å²) in [6.07, 6.45) is 1.28. The zero-order chi connectivity index (χ0) is 10.1. The van der Waals surface area contributed by atoms with Gasteiger partial charge in [0.2, 0.25) is 11.6 Å². The molecule has 0 spiro atoms. The quantitative estimate of drug-likeness (QED) is 0.584. The molecule has 0 aliphatic rings. The van der Waals surface area contributed by atoms with Gasteiger partial charge in [-0.3, -0.25) is 4.79 Å². The molecular formula is C6H7N7O. The van der Waals surface area contributed by atoms with E-state index in [0.29, 0.717) is 11.2 Å². The average Bonchev–Trinajstić information content (AvgIpc) is 2.49. The summed E-state index contributed by atoms with van der Waals surface area (Å²) < 4.78 is 1.27. The molecule has 1 amide bonds. The first kappa shape index (κ1) is 8.35. The van der Waals surface area contributed by atoms with Crippen molar-refractivity contribution in [1.29, 1.82) is 0 Å². The molecule has 0 unspecified atom stereocenters. The van der Waals surface area contributed by atoms with E-state index in [4.69, 9.17) is 11.5 Å². The van der Waals surface area contributed by atoms with E-state index < -0.39 is 5.91 Å². The van der Waals surface area contributed by atoms with Crippen molar-refractivity contribution in [2.24, 2.45) is 5.73 Å². The smallest absolute Gasteiger partial charge is 0.239 e. The molecule has 2 rings (SSSR count). The Hall–Kier alpha value is -2.25. The highest BCUT2D eigenvalue weighted by Crippen LogP contribution is 2.12. The van der Waals surface area contributed by atoms with Gasteiger partial charge in [-0.25, -0.2) is 14.6 Å². The van der Waals surface area contributed by atoms with Crippen LogP contribution in [0.5, 0.6) is 0 Å². The summed E-state index contributed by atoms with van der Waals surface area (Å²) in [5, 5.41) is 7.39. The van der Waals surface area contributed by atoms with Gasteiger partial charge in [0, 0.05) is 0 Å². The van der Waals surface area contributed by atoms with Crippen molar-refractivity contribution in [2.45, 2.75) is 6.54 Å². The fourth-order valence-corrected chi connectivity index (χ4v) is 1.10. The average molecular weight is 193 g/mol. The Morgan fingerprint density at radius 1 is 1.50 bits per heavy atom. The maximum Gasteiger partial charge on any atom is 0.239 e. The van der Waals surface area contributed by atoms with Crippen molar-refractivity contribution >= 4 is 22.9 Å². The minimum Gasteiger partial charge on any atom is -0.382 e. The van der Waals surface area contributed by atoms with Crippen molar-refractivity contribution in [3.05, 3.63) is 6.33 Å². The molecule has 4 N–H and O–H groups in total. The lowest BCUT2D eigenvalue weighted by atomic mass is 10.5. The summed E-state index contributed by atoms with van der Waals surface area (Å²) in [5.41, 5.74) is 11.4. The molecule has 72 valence electrons. The lowest BCUT2D eigenvalue weighted by Crippen LogP contribution is -2.19. The van der Waals surface area contributed by atoms with Crippen LogP contribution in [-0.2, 0) is 11.3 Å². The third-order valence-corrected chi connectivity index (χ3v) is 1.64. The van der Waals surface area contributed by atoms with Crippen molar-refractivity contribution in [3.63, 3.8) is 0 Å². The molecule has 0 fully saturated rings. The number of carbonyl (C=O) groups excluding carboxylic acids is 1. The fourth-order valence-electron chi connectivity index (χ4n) is 1.10. The van der Waals surface area contributed by atoms with E-state index in [1.54, 1.807) is 0 Å². The second-order valence-electron chi connectivity index (χ2n) is 2.64. The molecule has 0 radical (unpaired) electrons. The van der Waals surface area contributed by atoms with E-state index in [1.165, 1.54) is 11.0 Å². The molecule has 0 aliphatic carbocycles. The van der Waals surface area contributed by atoms with Crippen LogP contribution in [0, 0.1) is 0 Å². The Bertz CT molecular complexity index is 490. The number of primary amides is 1. The molecule has 2 aromatic rings. The molecule has 14 heavy (non-hydrogen) atoms. The Labute approximate surface area is 77.9 Å². The minimum atomic E-state index is -0.528. The highest BCUT2D eigenvalue weighted by atomic mass is 16.1. The number of hydrogen-bond donors (Lipinski definition) is 2. The molecule has 0 bridgehead atoms. The van der Waals surface area contributed by atoms with Gasteiger partial charge >= 0.3 is 0 Å². The van der Waals surface area contributed by atoms with Crippen LogP contribution in [-0.4, -0.2) is 30.9 Å². The topological polar surface area (TPSA) is 126 Å². The molecule has 0 aliphatic heterocycles. The molecular weight excluding hydrogens is 186 g/mol. The Morgan fingerprint density at radius 3 is 3.00 bits per heavy atom. The summed E-state index contributed by atoms with van der Waals surface area (Å²) in [5.74, 6) is -0.304.